The van der Waals surface area contributed by atoms with Gasteiger partial charge in [0, 0.05) is 18.9 Å². The molecule has 0 aromatic heterocycles. The predicted octanol–water partition coefficient (Wildman–Crippen LogP) is 0.845. The summed E-state index contributed by atoms with van der Waals surface area (Å²) in [5.74, 6) is -2.35. The van der Waals surface area contributed by atoms with Crippen LogP contribution in [0.2, 0.25) is 0 Å². The molecule has 2 aliphatic heterocycles. The van der Waals surface area contributed by atoms with Crippen molar-refractivity contribution in [3.05, 3.63) is 12.2 Å². The minimum atomic E-state index is -3.83. The summed E-state index contributed by atoms with van der Waals surface area (Å²) in [7, 11) is -3.83. The maximum atomic E-state index is 13.6. The molecule has 2 heterocycles. The van der Waals surface area contributed by atoms with E-state index >= 15 is 0 Å². The molecule has 4 aliphatic rings. The van der Waals surface area contributed by atoms with E-state index in [4.69, 9.17) is 4.74 Å². The van der Waals surface area contributed by atoms with Crippen molar-refractivity contribution in [1.29, 1.82) is 0 Å². The molecular formula is C26H40N4O8S. The normalized spacial score (nSPS) is 33.0. The third-order valence-electron chi connectivity index (χ3n) is 7.55. The van der Waals surface area contributed by atoms with Crippen LogP contribution in [-0.4, -0.2) is 83.4 Å². The molecule has 39 heavy (non-hydrogen) atoms. The Morgan fingerprint density at radius 1 is 1.15 bits per heavy atom. The third-order valence-corrected chi connectivity index (χ3v) is 9.37. The number of hydrogen-bond acceptors (Lipinski definition) is 8. The minimum absolute atomic E-state index is 0.0463. The zero-order chi connectivity index (χ0) is 28.6. The monoisotopic (exact) mass is 568 g/mol. The largest absolute Gasteiger partial charge is 0.444 e. The Kier molecular flexibility index (Phi) is 8.32. The Balaban J connectivity index is 1.57. The van der Waals surface area contributed by atoms with Gasteiger partial charge in [-0.3, -0.25) is 19.1 Å². The first-order chi connectivity index (χ1) is 18.2. The number of fused-ring (bicyclic) bond motifs is 2. The maximum Gasteiger partial charge on any atom is 0.408 e. The van der Waals surface area contributed by atoms with Crippen LogP contribution in [0, 0.1) is 5.92 Å². The Hall–Kier alpha value is -2.67. The molecular weight excluding hydrogens is 528 g/mol. The zero-order valence-electron chi connectivity index (χ0n) is 22.8. The molecule has 0 aromatic rings. The highest BCUT2D eigenvalue weighted by Gasteiger charge is 2.62. The fourth-order valence-electron chi connectivity index (χ4n) is 5.23. The second-order valence-corrected chi connectivity index (χ2v) is 14.1. The third kappa shape index (κ3) is 7.10. The number of aliphatic hydroxyl groups is 1. The number of carbonyl (C=O) groups excluding carboxylic acids is 4. The van der Waals surface area contributed by atoms with Crippen LogP contribution >= 0.6 is 0 Å². The molecule has 2 saturated carbocycles. The molecule has 13 heteroatoms. The number of alkyl carbamates (subject to hydrolysis) is 1. The van der Waals surface area contributed by atoms with E-state index in [-0.39, 0.29) is 19.4 Å². The Morgan fingerprint density at radius 3 is 2.54 bits per heavy atom. The number of sulfonamides is 1. The zero-order valence-corrected chi connectivity index (χ0v) is 23.6. The number of hydrogen-bond donors (Lipinski definition) is 4. The highest BCUT2D eigenvalue weighted by Crippen LogP contribution is 2.46. The van der Waals surface area contributed by atoms with Gasteiger partial charge in [-0.15, -0.1) is 0 Å². The van der Waals surface area contributed by atoms with Crippen molar-refractivity contribution in [3.63, 3.8) is 0 Å². The molecule has 218 valence electrons. The summed E-state index contributed by atoms with van der Waals surface area (Å²) >= 11 is 0. The van der Waals surface area contributed by atoms with E-state index in [1.165, 1.54) is 4.90 Å². The van der Waals surface area contributed by atoms with E-state index < -0.39 is 74.3 Å². The first kappa shape index (κ1) is 29.3. The fourth-order valence-corrected chi connectivity index (χ4v) is 6.59. The van der Waals surface area contributed by atoms with Crippen molar-refractivity contribution in [2.75, 3.05) is 6.54 Å². The lowest BCUT2D eigenvalue weighted by Crippen LogP contribution is -2.58. The van der Waals surface area contributed by atoms with Gasteiger partial charge in [0.15, 0.2) is 0 Å². The van der Waals surface area contributed by atoms with Crippen LogP contribution in [0.15, 0.2) is 12.2 Å². The second kappa shape index (κ2) is 11.1. The molecule has 1 saturated heterocycles. The van der Waals surface area contributed by atoms with Gasteiger partial charge >= 0.3 is 6.09 Å². The van der Waals surface area contributed by atoms with Gasteiger partial charge in [-0.1, -0.05) is 25.0 Å². The molecule has 3 fully saturated rings. The van der Waals surface area contributed by atoms with E-state index in [2.05, 4.69) is 15.4 Å². The topological polar surface area (TPSA) is 171 Å². The Bertz CT molecular complexity index is 1130. The SMILES string of the molecule is CC(C)(C)OC(=O)NC1CCCCC/C=C/C2CC2(C(=O)NS(=O)(=O)C2CC2)NC(=O)C2CC(O)CN2C1=O. The highest BCUT2D eigenvalue weighted by atomic mass is 32.2. The highest BCUT2D eigenvalue weighted by molar-refractivity contribution is 7.91. The van der Waals surface area contributed by atoms with Crippen molar-refractivity contribution in [2.45, 2.75) is 113 Å². The van der Waals surface area contributed by atoms with Crippen molar-refractivity contribution in [2.24, 2.45) is 5.92 Å². The van der Waals surface area contributed by atoms with E-state index in [0.29, 0.717) is 32.1 Å². The Morgan fingerprint density at radius 2 is 1.87 bits per heavy atom. The van der Waals surface area contributed by atoms with E-state index in [1.54, 1.807) is 20.8 Å². The van der Waals surface area contributed by atoms with Crippen molar-refractivity contribution < 1.29 is 37.4 Å². The van der Waals surface area contributed by atoms with Crippen LogP contribution in [0.3, 0.4) is 0 Å². The molecule has 12 nitrogen and oxygen atoms in total. The molecule has 4 N–H and O–H groups in total. The smallest absolute Gasteiger partial charge is 0.408 e. The molecule has 0 spiro atoms. The lowest BCUT2D eigenvalue weighted by atomic mass is 10.0. The van der Waals surface area contributed by atoms with Gasteiger partial charge in [0.25, 0.3) is 5.91 Å². The molecule has 4 amide bonds. The van der Waals surface area contributed by atoms with Crippen LogP contribution in [-0.2, 0) is 29.1 Å². The summed E-state index contributed by atoms with van der Waals surface area (Å²) in [6.07, 6.45) is 6.46. The van der Waals surface area contributed by atoms with E-state index in [9.17, 15) is 32.7 Å². The van der Waals surface area contributed by atoms with Crippen LogP contribution in [0.25, 0.3) is 0 Å². The summed E-state index contributed by atoms with van der Waals surface area (Å²) in [5.41, 5.74) is -2.22. The lowest BCUT2D eigenvalue weighted by molar-refractivity contribution is -0.141. The number of nitrogens with zero attached hydrogens (tertiary/aromatic N) is 1. The first-order valence-corrected chi connectivity index (χ1v) is 15.3. The Labute approximate surface area is 229 Å². The van der Waals surface area contributed by atoms with Gasteiger partial charge in [-0.2, -0.15) is 0 Å². The lowest BCUT2D eigenvalue weighted by Gasteiger charge is -2.30. The number of aliphatic hydroxyl groups excluding tert-OH is 1. The maximum absolute atomic E-state index is 13.6. The molecule has 5 atom stereocenters. The first-order valence-electron chi connectivity index (χ1n) is 13.7. The summed E-state index contributed by atoms with van der Waals surface area (Å²) in [5, 5.41) is 15.2. The number of ether oxygens (including phenoxy) is 1. The summed E-state index contributed by atoms with van der Waals surface area (Å²) in [4.78, 5) is 54.1. The molecule has 4 rings (SSSR count). The molecule has 0 aromatic carbocycles. The van der Waals surface area contributed by atoms with Gasteiger partial charge in [0.1, 0.15) is 23.2 Å². The predicted molar refractivity (Wildman–Crippen MR) is 141 cm³/mol. The minimum Gasteiger partial charge on any atom is -0.444 e. The second-order valence-electron chi connectivity index (χ2n) is 12.1. The average molecular weight is 569 g/mol. The van der Waals surface area contributed by atoms with Crippen LogP contribution < -0.4 is 15.4 Å². The van der Waals surface area contributed by atoms with Crippen LogP contribution in [0.1, 0.15) is 78.6 Å². The number of allylic oxidation sites excluding steroid dienone is 1. The standard InChI is InChI=1S/C26H40N4O8S/c1-25(2,3)38-24(35)27-19-10-8-6-4-5-7-9-16-14-26(16,23(34)29-39(36,37)18-11-12-18)28-21(32)20-13-17(31)15-30(20)22(19)33/h7,9,16-20,31H,4-6,8,10-15H2,1-3H3,(H,27,35)(H,28,32)(H,29,34)/b9-7+. The van der Waals surface area contributed by atoms with E-state index in [0.717, 1.165) is 12.8 Å². The van der Waals surface area contributed by atoms with Gasteiger partial charge in [0.2, 0.25) is 21.8 Å². The van der Waals surface area contributed by atoms with Gasteiger partial charge in [-0.05, 0) is 59.3 Å². The summed E-state index contributed by atoms with van der Waals surface area (Å²) in [6, 6.07) is -2.05. The van der Waals surface area contributed by atoms with Crippen LogP contribution in [0.5, 0.6) is 0 Å². The fraction of sp³-hybridized carbons (Fsp3) is 0.769. The van der Waals surface area contributed by atoms with Crippen molar-refractivity contribution in [3.8, 4) is 0 Å². The number of rotatable bonds is 4. The van der Waals surface area contributed by atoms with Gasteiger partial charge < -0.3 is 25.4 Å². The summed E-state index contributed by atoms with van der Waals surface area (Å²) < 4.78 is 32.4. The number of carbonyl (C=O) groups is 4. The van der Waals surface area contributed by atoms with Gasteiger partial charge in [-0.25, -0.2) is 13.2 Å². The molecule has 0 radical (unpaired) electrons. The van der Waals surface area contributed by atoms with Crippen molar-refractivity contribution in [1.82, 2.24) is 20.3 Å². The van der Waals surface area contributed by atoms with Crippen LogP contribution in [0.4, 0.5) is 4.79 Å². The number of nitrogens with one attached hydrogen (secondary N) is 3. The number of amides is 4. The quantitative estimate of drug-likeness (QED) is 0.362. The summed E-state index contributed by atoms with van der Waals surface area (Å²) in [6.45, 7) is 5.02. The molecule has 0 bridgehead atoms. The average Bonchev–Trinajstić information content (AvgIpc) is 3.73. The van der Waals surface area contributed by atoms with E-state index in [1.807, 2.05) is 12.2 Å². The molecule has 5 unspecified atom stereocenters. The molecule has 2 aliphatic carbocycles. The van der Waals surface area contributed by atoms with Gasteiger partial charge in [0.05, 0.1) is 11.4 Å². The van der Waals surface area contributed by atoms with Crippen molar-refractivity contribution >= 4 is 33.8 Å².